The van der Waals surface area contributed by atoms with Crippen LogP contribution in [0.3, 0.4) is 0 Å². The summed E-state index contributed by atoms with van der Waals surface area (Å²) < 4.78 is 5.16. The van der Waals surface area contributed by atoms with Gasteiger partial charge in [-0.25, -0.2) is 4.79 Å². The topological polar surface area (TPSA) is 94.4 Å². The number of carboxylic acids is 1. The Hall–Kier alpha value is -3.32. The number of carbonyl (C=O) groups is 1. The van der Waals surface area contributed by atoms with Crippen molar-refractivity contribution in [3.05, 3.63) is 72.2 Å². The standard InChI is InChI=1S/C19H23N3O4/c1-5-7-16(26-4)8-6-11-22(3)20-13-14(2)17-12-15(19(23)24)9-10-18(17)21-25/h5-13,21,25H,2H2,1,3-4H3,(H,23,24)/b7-5-,11-6+,16-8+,20-13-. The summed E-state index contributed by atoms with van der Waals surface area (Å²) >= 11 is 0. The van der Waals surface area contributed by atoms with Crippen molar-refractivity contribution in [3.63, 3.8) is 0 Å². The van der Waals surface area contributed by atoms with Gasteiger partial charge in [0.1, 0.15) is 5.76 Å². The average Bonchev–Trinajstić information content (AvgIpc) is 2.64. The summed E-state index contributed by atoms with van der Waals surface area (Å²) in [6.45, 7) is 5.76. The number of benzene rings is 1. The molecular weight excluding hydrogens is 334 g/mol. The first-order valence-electron chi connectivity index (χ1n) is 7.71. The van der Waals surface area contributed by atoms with Gasteiger partial charge in [0.25, 0.3) is 0 Å². The van der Waals surface area contributed by atoms with Gasteiger partial charge < -0.3 is 9.84 Å². The maximum atomic E-state index is 11.1. The molecule has 138 valence electrons. The third-order valence-corrected chi connectivity index (χ3v) is 3.26. The Bertz CT molecular complexity index is 764. The van der Waals surface area contributed by atoms with Gasteiger partial charge in [-0.15, -0.1) is 0 Å². The maximum Gasteiger partial charge on any atom is 0.335 e. The van der Waals surface area contributed by atoms with Crippen molar-refractivity contribution in [2.24, 2.45) is 5.10 Å². The molecule has 0 amide bonds. The summed E-state index contributed by atoms with van der Waals surface area (Å²) in [7, 11) is 3.32. The highest BCUT2D eigenvalue weighted by atomic mass is 16.5. The van der Waals surface area contributed by atoms with E-state index in [1.165, 1.54) is 24.4 Å². The number of rotatable bonds is 9. The number of aromatic carboxylic acids is 1. The molecule has 0 aliphatic heterocycles. The molecule has 0 radical (unpaired) electrons. The predicted octanol–water partition coefficient (Wildman–Crippen LogP) is 3.74. The number of anilines is 1. The highest BCUT2D eigenvalue weighted by Gasteiger charge is 2.10. The van der Waals surface area contributed by atoms with Gasteiger partial charge in [0.2, 0.25) is 0 Å². The molecule has 1 aromatic rings. The van der Waals surface area contributed by atoms with E-state index < -0.39 is 5.97 Å². The Kier molecular flexibility index (Phi) is 8.39. The van der Waals surface area contributed by atoms with Crippen LogP contribution >= 0.6 is 0 Å². The van der Waals surface area contributed by atoms with E-state index in [9.17, 15) is 10.0 Å². The number of ether oxygens (including phenoxy) is 1. The van der Waals surface area contributed by atoms with Crippen molar-refractivity contribution in [1.29, 1.82) is 0 Å². The minimum absolute atomic E-state index is 0.0861. The third-order valence-electron chi connectivity index (χ3n) is 3.26. The summed E-state index contributed by atoms with van der Waals surface area (Å²) in [5.74, 6) is -0.364. The van der Waals surface area contributed by atoms with Gasteiger partial charge in [-0.05, 0) is 48.9 Å². The molecule has 1 rings (SSSR count). The number of hydrogen-bond acceptors (Lipinski definition) is 6. The molecule has 0 unspecified atom stereocenters. The lowest BCUT2D eigenvalue weighted by molar-refractivity contribution is 0.0697. The Morgan fingerprint density at radius 2 is 2.15 bits per heavy atom. The first kappa shape index (κ1) is 20.7. The van der Waals surface area contributed by atoms with Crippen LogP contribution < -0.4 is 5.48 Å². The molecule has 7 nitrogen and oxygen atoms in total. The minimum atomic E-state index is -1.07. The number of carboxylic acid groups (broad SMARTS) is 1. The molecule has 0 saturated heterocycles. The lowest BCUT2D eigenvalue weighted by Crippen LogP contribution is -2.04. The van der Waals surface area contributed by atoms with Crippen LogP contribution in [0.1, 0.15) is 22.8 Å². The van der Waals surface area contributed by atoms with Crippen LogP contribution in [0.2, 0.25) is 0 Å². The van der Waals surface area contributed by atoms with Crippen LogP contribution in [0.5, 0.6) is 0 Å². The number of nitrogens with zero attached hydrogens (tertiary/aromatic N) is 2. The van der Waals surface area contributed by atoms with Crippen LogP contribution in [0.4, 0.5) is 5.69 Å². The monoisotopic (exact) mass is 357 g/mol. The van der Waals surface area contributed by atoms with Gasteiger partial charge >= 0.3 is 5.97 Å². The fraction of sp³-hybridized carbons (Fsp3) is 0.158. The molecule has 3 N–H and O–H groups in total. The van der Waals surface area contributed by atoms with Crippen LogP contribution in [0.15, 0.2) is 66.1 Å². The van der Waals surface area contributed by atoms with Gasteiger partial charge in [0, 0.05) is 18.8 Å². The van der Waals surface area contributed by atoms with Gasteiger partial charge in [0.05, 0.1) is 24.6 Å². The van der Waals surface area contributed by atoms with Crippen molar-refractivity contribution in [2.75, 3.05) is 19.6 Å². The smallest absolute Gasteiger partial charge is 0.335 e. The summed E-state index contributed by atoms with van der Waals surface area (Å²) in [4.78, 5) is 11.1. The number of hydrogen-bond donors (Lipinski definition) is 3. The number of hydrazone groups is 1. The minimum Gasteiger partial charge on any atom is -0.497 e. The first-order chi connectivity index (χ1) is 12.4. The fourth-order valence-corrected chi connectivity index (χ4v) is 1.93. The van der Waals surface area contributed by atoms with E-state index in [0.29, 0.717) is 22.6 Å². The molecule has 1 aromatic carbocycles. The van der Waals surface area contributed by atoms with Crippen molar-refractivity contribution in [2.45, 2.75) is 6.92 Å². The molecule has 0 heterocycles. The van der Waals surface area contributed by atoms with Crippen LogP contribution in [0.25, 0.3) is 5.57 Å². The zero-order valence-electron chi connectivity index (χ0n) is 15.0. The fourth-order valence-electron chi connectivity index (χ4n) is 1.93. The van der Waals surface area contributed by atoms with E-state index in [1.807, 2.05) is 24.6 Å². The highest BCUT2D eigenvalue weighted by molar-refractivity contribution is 6.11. The Labute approximate surface area is 152 Å². The predicted molar refractivity (Wildman–Crippen MR) is 103 cm³/mol. The van der Waals surface area contributed by atoms with Gasteiger partial charge in [-0.3, -0.25) is 15.7 Å². The van der Waals surface area contributed by atoms with Gasteiger partial charge in [-0.1, -0.05) is 12.7 Å². The van der Waals surface area contributed by atoms with Crippen molar-refractivity contribution in [1.82, 2.24) is 5.01 Å². The van der Waals surface area contributed by atoms with E-state index in [1.54, 1.807) is 37.5 Å². The normalized spacial score (nSPS) is 12.1. The van der Waals surface area contributed by atoms with E-state index in [0.717, 1.165) is 0 Å². The Morgan fingerprint density at radius 3 is 2.73 bits per heavy atom. The molecule has 0 saturated carbocycles. The zero-order valence-corrected chi connectivity index (χ0v) is 15.0. The number of methoxy groups -OCH3 is 1. The molecule has 7 heteroatoms. The van der Waals surface area contributed by atoms with Crippen molar-refractivity contribution >= 4 is 23.4 Å². The molecule has 0 bridgehead atoms. The van der Waals surface area contributed by atoms with Gasteiger partial charge in [0.15, 0.2) is 0 Å². The second-order valence-electron chi connectivity index (χ2n) is 5.14. The number of allylic oxidation sites excluding steroid dienone is 5. The molecule has 0 aliphatic carbocycles. The molecular formula is C19H23N3O4. The average molecular weight is 357 g/mol. The molecule has 26 heavy (non-hydrogen) atoms. The molecule has 0 spiro atoms. The Balaban J connectivity index is 2.89. The van der Waals surface area contributed by atoms with Crippen molar-refractivity contribution in [3.8, 4) is 0 Å². The van der Waals surface area contributed by atoms with Crippen LogP contribution in [0, 0.1) is 0 Å². The van der Waals surface area contributed by atoms with E-state index in [4.69, 9.17) is 9.84 Å². The summed E-state index contributed by atoms with van der Waals surface area (Å²) in [6, 6.07) is 4.25. The molecule has 0 fully saturated rings. The number of nitrogens with one attached hydrogen (secondary N) is 1. The quantitative estimate of drug-likeness (QED) is 0.270. The van der Waals surface area contributed by atoms with E-state index in [2.05, 4.69) is 11.7 Å². The first-order valence-corrected chi connectivity index (χ1v) is 7.71. The second kappa shape index (κ2) is 10.5. The second-order valence-corrected chi connectivity index (χ2v) is 5.14. The largest absolute Gasteiger partial charge is 0.497 e. The summed E-state index contributed by atoms with van der Waals surface area (Å²) in [5.41, 5.74) is 3.32. The summed E-state index contributed by atoms with van der Waals surface area (Å²) in [6.07, 6.45) is 10.4. The van der Waals surface area contributed by atoms with Crippen molar-refractivity contribution < 1.29 is 19.8 Å². The molecule has 0 aromatic heterocycles. The third kappa shape index (κ3) is 6.29. The maximum absolute atomic E-state index is 11.1. The van der Waals surface area contributed by atoms with Crippen LogP contribution in [-0.2, 0) is 4.74 Å². The lowest BCUT2D eigenvalue weighted by atomic mass is 10.0. The molecule has 0 atom stereocenters. The zero-order chi connectivity index (χ0) is 19.5. The highest BCUT2D eigenvalue weighted by Crippen LogP contribution is 2.23. The molecule has 0 aliphatic rings. The van der Waals surface area contributed by atoms with Crippen LogP contribution in [-0.4, -0.2) is 41.7 Å². The Morgan fingerprint density at radius 1 is 1.42 bits per heavy atom. The lowest BCUT2D eigenvalue weighted by Gasteiger charge is -2.10. The summed E-state index contributed by atoms with van der Waals surface area (Å²) in [5, 5.41) is 24.0. The van der Waals surface area contributed by atoms with Gasteiger partial charge in [-0.2, -0.15) is 5.10 Å². The SMILES string of the molecule is C=C(/C=N\N(C)/C=C/C=C(\C=C/C)OC)c1cc(C(=O)O)ccc1NO. The van der Waals surface area contributed by atoms with E-state index in [-0.39, 0.29) is 5.56 Å². The van der Waals surface area contributed by atoms with E-state index >= 15 is 0 Å².